The van der Waals surface area contributed by atoms with Crippen LogP contribution < -0.4 is 8.27 Å². The van der Waals surface area contributed by atoms with Crippen LogP contribution in [0.5, 0.6) is 5.75 Å². The first-order chi connectivity index (χ1) is 7.72. The molecule has 2 rings (SSSR count). The van der Waals surface area contributed by atoms with E-state index in [0.717, 1.165) is 24.4 Å². The van der Waals surface area contributed by atoms with Gasteiger partial charge in [-0.3, -0.25) is 8.43 Å². The van der Waals surface area contributed by atoms with Gasteiger partial charge in [0.2, 0.25) is 0 Å². The van der Waals surface area contributed by atoms with Crippen LogP contribution >= 0.6 is 22.9 Å². The molecule has 4 nitrogen and oxygen atoms in total. The van der Waals surface area contributed by atoms with Crippen LogP contribution in [0.25, 0.3) is 0 Å². The number of hydrogen-bond donors (Lipinski definition) is 2. The number of rotatable bonds is 4. The van der Waals surface area contributed by atoms with E-state index in [2.05, 4.69) is 26.4 Å². The first kappa shape index (κ1) is 12.1. The Labute approximate surface area is 109 Å². The van der Waals surface area contributed by atoms with Gasteiger partial charge in [-0.15, -0.1) is 0 Å². The lowest BCUT2D eigenvalue weighted by Gasteiger charge is -2.13. The molecule has 0 saturated heterocycles. The second-order valence-electron chi connectivity index (χ2n) is 3.88. The number of aliphatic hydroxyl groups is 1. The van der Waals surface area contributed by atoms with Crippen molar-refractivity contribution in [3.63, 3.8) is 0 Å². The lowest BCUT2D eigenvalue weighted by molar-refractivity contribution is 0.0336. The molecule has 0 aliphatic carbocycles. The molecule has 88 valence electrons. The lowest BCUT2D eigenvalue weighted by atomic mass is 10.1. The third kappa shape index (κ3) is 2.48. The molecule has 1 heterocycles. The summed E-state index contributed by atoms with van der Waals surface area (Å²) in [5, 5.41) is 9.90. The van der Waals surface area contributed by atoms with Crippen molar-refractivity contribution in [3.05, 3.63) is 29.3 Å². The van der Waals surface area contributed by atoms with Gasteiger partial charge >= 0.3 is 0 Å². The van der Waals surface area contributed by atoms with Gasteiger partial charge in [0, 0.05) is 41.5 Å². The highest BCUT2D eigenvalue weighted by atomic mass is 127. The fraction of sp³-hybridized carbons (Fsp3) is 0.455. The van der Waals surface area contributed by atoms with Gasteiger partial charge in [0.15, 0.2) is 0 Å². The molecule has 1 aromatic rings. The monoisotopic (exact) mass is 334 g/mol. The average molecular weight is 334 g/mol. The largest absolute Gasteiger partial charge is 0.492 e. The highest BCUT2D eigenvalue weighted by molar-refractivity contribution is 14.1. The van der Waals surface area contributed by atoms with Gasteiger partial charge in [0.25, 0.3) is 0 Å². The van der Waals surface area contributed by atoms with Crippen LogP contribution in [0.4, 0.5) is 0 Å². The van der Waals surface area contributed by atoms with Crippen LogP contribution in [-0.2, 0) is 6.54 Å². The molecule has 16 heavy (non-hydrogen) atoms. The molecule has 0 amide bonds. The quantitative estimate of drug-likeness (QED) is 0.497. The Kier molecular flexibility index (Phi) is 4.01. The number of fused-ring (bicyclic) bond motifs is 1. The van der Waals surface area contributed by atoms with Gasteiger partial charge in [-0.25, -0.2) is 0 Å². The highest BCUT2D eigenvalue weighted by Crippen LogP contribution is 2.32. The summed E-state index contributed by atoms with van der Waals surface area (Å²) < 4.78 is 8.55. The summed E-state index contributed by atoms with van der Waals surface area (Å²) >= 11 is 2.09. The summed E-state index contributed by atoms with van der Waals surface area (Å²) in [6.45, 7) is 2.24. The SMILES string of the molecule is CN1Cc2ccc(OCCNI)cc2C1O. The van der Waals surface area contributed by atoms with E-state index in [0.29, 0.717) is 6.61 Å². The Morgan fingerprint density at radius 3 is 3.19 bits per heavy atom. The Hall–Kier alpha value is -0.370. The molecule has 2 N–H and O–H groups in total. The van der Waals surface area contributed by atoms with E-state index in [1.807, 2.05) is 30.1 Å². The lowest BCUT2D eigenvalue weighted by Crippen LogP contribution is -2.15. The van der Waals surface area contributed by atoms with E-state index < -0.39 is 6.23 Å². The first-order valence-electron chi connectivity index (χ1n) is 5.20. The predicted octanol–water partition coefficient (Wildman–Crippen LogP) is 1.44. The molecular weight excluding hydrogens is 319 g/mol. The zero-order chi connectivity index (χ0) is 11.5. The minimum Gasteiger partial charge on any atom is -0.492 e. The molecule has 1 aliphatic heterocycles. The second kappa shape index (κ2) is 5.31. The van der Waals surface area contributed by atoms with E-state index in [-0.39, 0.29) is 0 Å². The summed E-state index contributed by atoms with van der Waals surface area (Å²) in [7, 11) is 1.91. The third-order valence-electron chi connectivity index (χ3n) is 2.70. The van der Waals surface area contributed by atoms with Gasteiger partial charge in [-0.2, -0.15) is 0 Å². The molecule has 0 fully saturated rings. The second-order valence-corrected chi connectivity index (χ2v) is 4.64. The Morgan fingerprint density at radius 1 is 1.62 bits per heavy atom. The summed E-state index contributed by atoms with van der Waals surface area (Å²) in [5.74, 6) is 0.819. The van der Waals surface area contributed by atoms with Crippen molar-refractivity contribution < 1.29 is 9.84 Å². The van der Waals surface area contributed by atoms with Crippen molar-refractivity contribution in [3.8, 4) is 5.75 Å². The average Bonchev–Trinajstić information content (AvgIpc) is 2.56. The number of benzene rings is 1. The van der Waals surface area contributed by atoms with Crippen LogP contribution in [0.15, 0.2) is 18.2 Å². The molecular formula is C11H15IN2O2. The van der Waals surface area contributed by atoms with Crippen LogP contribution in [0, 0.1) is 0 Å². The van der Waals surface area contributed by atoms with Gasteiger partial charge < -0.3 is 9.84 Å². The summed E-state index contributed by atoms with van der Waals surface area (Å²) in [5.41, 5.74) is 2.14. The molecule has 1 aliphatic rings. The van der Waals surface area contributed by atoms with Gasteiger partial charge in [-0.05, 0) is 24.7 Å². The van der Waals surface area contributed by atoms with Crippen LogP contribution in [0.2, 0.25) is 0 Å². The normalized spacial score (nSPS) is 19.8. The van der Waals surface area contributed by atoms with Crippen molar-refractivity contribution in [2.75, 3.05) is 20.2 Å². The molecule has 5 heteroatoms. The van der Waals surface area contributed by atoms with E-state index in [1.165, 1.54) is 5.56 Å². The van der Waals surface area contributed by atoms with Crippen molar-refractivity contribution in [2.45, 2.75) is 12.8 Å². The standard InChI is InChI=1S/C11H15IN2O2/c1-14-7-8-2-3-9(16-5-4-13-12)6-10(8)11(14)15/h2-3,6,11,13,15H,4-5,7H2,1H3. The fourth-order valence-corrected chi connectivity index (χ4v) is 2.07. The summed E-state index contributed by atoms with van der Waals surface area (Å²) in [6.07, 6.45) is -0.499. The predicted molar refractivity (Wildman–Crippen MR) is 70.4 cm³/mol. The molecule has 0 radical (unpaired) electrons. The van der Waals surface area contributed by atoms with Gasteiger partial charge in [-0.1, -0.05) is 6.07 Å². The van der Waals surface area contributed by atoms with E-state index in [4.69, 9.17) is 4.74 Å². The molecule has 1 atom stereocenters. The summed E-state index contributed by atoms with van der Waals surface area (Å²) in [6, 6.07) is 5.91. The zero-order valence-electron chi connectivity index (χ0n) is 9.11. The number of nitrogens with zero attached hydrogens (tertiary/aromatic N) is 1. The van der Waals surface area contributed by atoms with E-state index in [1.54, 1.807) is 0 Å². The smallest absolute Gasteiger partial charge is 0.134 e. The van der Waals surface area contributed by atoms with Crippen molar-refractivity contribution in [1.29, 1.82) is 0 Å². The maximum absolute atomic E-state index is 9.90. The maximum Gasteiger partial charge on any atom is 0.134 e. The molecule has 1 aromatic carbocycles. The van der Waals surface area contributed by atoms with Crippen LogP contribution in [0.1, 0.15) is 17.4 Å². The van der Waals surface area contributed by atoms with Gasteiger partial charge in [0.05, 0.1) is 0 Å². The van der Waals surface area contributed by atoms with Gasteiger partial charge in [0.1, 0.15) is 18.6 Å². The number of ether oxygens (including phenoxy) is 1. The Morgan fingerprint density at radius 2 is 2.44 bits per heavy atom. The van der Waals surface area contributed by atoms with Crippen molar-refractivity contribution in [1.82, 2.24) is 8.43 Å². The number of aliphatic hydroxyl groups excluding tert-OH is 1. The van der Waals surface area contributed by atoms with Crippen LogP contribution in [0.3, 0.4) is 0 Å². The number of nitrogens with one attached hydrogen (secondary N) is 1. The minimum absolute atomic E-state index is 0.499. The molecule has 0 bridgehead atoms. The zero-order valence-corrected chi connectivity index (χ0v) is 11.3. The Balaban J connectivity index is 2.08. The topological polar surface area (TPSA) is 44.7 Å². The summed E-state index contributed by atoms with van der Waals surface area (Å²) in [4.78, 5) is 1.90. The van der Waals surface area contributed by atoms with E-state index >= 15 is 0 Å². The molecule has 0 saturated carbocycles. The van der Waals surface area contributed by atoms with Crippen molar-refractivity contribution >= 4 is 22.9 Å². The Bertz CT molecular complexity index is 373. The highest BCUT2D eigenvalue weighted by Gasteiger charge is 2.25. The fourth-order valence-electron chi connectivity index (χ4n) is 1.85. The molecule has 0 aromatic heterocycles. The molecule has 1 unspecified atom stereocenters. The van der Waals surface area contributed by atoms with Crippen LogP contribution in [-0.4, -0.2) is 30.2 Å². The van der Waals surface area contributed by atoms with Crippen molar-refractivity contribution in [2.24, 2.45) is 0 Å². The minimum atomic E-state index is -0.499. The third-order valence-corrected chi connectivity index (χ3v) is 3.24. The maximum atomic E-state index is 9.90. The first-order valence-corrected chi connectivity index (χ1v) is 6.27. The van der Waals surface area contributed by atoms with E-state index in [9.17, 15) is 5.11 Å². The number of halogens is 1. The number of hydrogen-bond acceptors (Lipinski definition) is 4. The molecule has 0 spiro atoms.